The van der Waals surface area contributed by atoms with Gasteiger partial charge < -0.3 is 19.1 Å². The largest absolute Gasteiger partial charge is 0.445 e. The smallest absolute Gasteiger partial charge is 0.410 e. The summed E-state index contributed by atoms with van der Waals surface area (Å²) >= 11 is 0. The Balaban J connectivity index is 0. The van der Waals surface area contributed by atoms with Crippen molar-refractivity contribution in [3.05, 3.63) is 59.4 Å². The number of esters is 1. The fraction of sp³-hybridized carbons (Fsp3) is 0.519. The molecule has 0 bridgehead atoms. The van der Waals surface area contributed by atoms with Gasteiger partial charge in [-0.1, -0.05) is 64.6 Å². The fourth-order valence-electron chi connectivity index (χ4n) is 2.63. The number of aldehydes is 1. The number of amides is 1. The van der Waals surface area contributed by atoms with E-state index in [9.17, 15) is 18.8 Å². The number of halogens is 1. The normalized spacial score (nSPS) is 12.3. The topological polar surface area (TPSA) is 82.1 Å². The van der Waals surface area contributed by atoms with Crippen LogP contribution in [0.4, 0.5) is 9.18 Å². The number of rotatable bonds is 6. The molecule has 2 rings (SSSR count). The van der Waals surface area contributed by atoms with Crippen molar-refractivity contribution in [3.8, 4) is 0 Å². The van der Waals surface area contributed by atoms with Gasteiger partial charge in [0, 0.05) is 34.0 Å². The van der Waals surface area contributed by atoms with Crippen LogP contribution in [0, 0.1) is 0 Å². The van der Waals surface area contributed by atoms with E-state index in [2.05, 4.69) is 6.58 Å². The second-order valence-corrected chi connectivity index (χ2v) is 7.33. The zero-order valence-electron chi connectivity index (χ0n) is 22.5. The predicted molar refractivity (Wildman–Crippen MR) is 136 cm³/mol. The summed E-state index contributed by atoms with van der Waals surface area (Å²) < 4.78 is 26.4. The number of nitrogens with zero attached hydrogens (tertiary/aromatic N) is 1. The van der Waals surface area contributed by atoms with Gasteiger partial charge in [0.05, 0.1) is 11.4 Å². The van der Waals surface area contributed by atoms with E-state index in [1.54, 1.807) is 18.7 Å². The predicted octanol–water partition coefficient (Wildman–Crippen LogP) is 6.38. The zero-order valence-corrected chi connectivity index (χ0v) is 22.5. The molecule has 0 aromatic heterocycles. The molecule has 0 N–H and O–H groups in total. The maximum atomic E-state index is 12.2. The highest BCUT2D eigenvalue weighted by molar-refractivity contribution is 6.08. The number of carbonyl (C=O) groups is 3. The van der Waals surface area contributed by atoms with Crippen LogP contribution < -0.4 is 0 Å². The second-order valence-electron chi connectivity index (χ2n) is 7.33. The molecule has 1 saturated heterocycles. The average molecular weight is 496 g/mol. The molecular weight excluding hydrogens is 453 g/mol. The van der Waals surface area contributed by atoms with Crippen molar-refractivity contribution in [2.75, 3.05) is 20.2 Å². The lowest BCUT2D eigenvalue weighted by Gasteiger charge is -2.29. The first-order chi connectivity index (χ1) is 16.6. The van der Waals surface area contributed by atoms with Crippen molar-refractivity contribution >= 4 is 18.3 Å². The molecule has 35 heavy (non-hydrogen) atoms. The van der Waals surface area contributed by atoms with Crippen LogP contribution in [0.5, 0.6) is 0 Å². The third-order valence-electron chi connectivity index (χ3n) is 4.38. The van der Waals surface area contributed by atoms with E-state index in [-0.39, 0.29) is 18.0 Å². The summed E-state index contributed by atoms with van der Waals surface area (Å²) in [5.41, 5.74) is 1.58. The molecule has 1 aliphatic rings. The van der Waals surface area contributed by atoms with Gasteiger partial charge in [0.1, 0.15) is 6.61 Å². The van der Waals surface area contributed by atoms with E-state index in [4.69, 9.17) is 14.2 Å². The van der Waals surface area contributed by atoms with Crippen molar-refractivity contribution in [2.45, 2.75) is 73.7 Å². The first-order valence-electron chi connectivity index (χ1n) is 11.8. The Morgan fingerprint density at radius 2 is 1.57 bits per heavy atom. The van der Waals surface area contributed by atoms with Crippen molar-refractivity contribution in [3.63, 3.8) is 0 Å². The molecule has 0 unspecified atom stereocenters. The van der Waals surface area contributed by atoms with E-state index in [0.717, 1.165) is 5.56 Å². The van der Waals surface area contributed by atoms with Crippen molar-refractivity contribution in [1.29, 1.82) is 0 Å². The molecule has 1 aromatic carbocycles. The molecule has 1 fully saturated rings. The Morgan fingerprint density at radius 1 is 1.09 bits per heavy atom. The quantitative estimate of drug-likeness (QED) is 0.114. The van der Waals surface area contributed by atoms with Crippen LogP contribution in [0.15, 0.2) is 53.9 Å². The van der Waals surface area contributed by atoms with Gasteiger partial charge in [0.2, 0.25) is 5.79 Å². The van der Waals surface area contributed by atoms with E-state index in [1.165, 1.54) is 14.0 Å². The maximum absolute atomic E-state index is 12.2. The van der Waals surface area contributed by atoms with Crippen LogP contribution in [0.1, 0.15) is 66.9 Å². The van der Waals surface area contributed by atoms with Crippen molar-refractivity contribution in [1.82, 2.24) is 4.90 Å². The lowest BCUT2D eigenvalue weighted by Crippen LogP contribution is -2.37. The number of piperidine rings is 1. The van der Waals surface area contributed by atoms with E-state index in [1.807, 2.05) is 58.0 Å². The summed E-state index contributed by atoms with van der Waals surface area (Å²) in [6.45, 7) is 16.3. The van der Waals surface area contributed by atoms with Gasteiger partial charge in [-0.25, -0.2) is 14.0 Å². The van der Waals surface area contributed by atoms with Crippen LogP contribution in [0.25, 0.3) is 0 Å². The molecule has 0 aliphatic carbocycles. The van der Waals surface area contributed by atoms with Gasteiger partial charge in [0.25, 0.3) is 0 Å². The molecule has 1 amide bonds. The monoisotopic (exact) mass is 495 g/mol. The van der Waals surface area contributed by atoms with Crippen LogP contribution >= 0.6 is 0 Å². The Hall–Kier alpha value is -3.00. The van der Waals surface area contributed by atoms with Crippen molar-refractivity contribution in [2.24, 2.45) is 0 Å². The summed E-state index contributed by atoms with van der Waals surface area (Å²) in [7, 11) is 1.42. The highest BCUT2D eigenvalue weighted by atomic mass is 19.1. The molecule has 1 heterocycles. The molecule has 0 atom stereocenters. The number of hydrogen-bond acceptors (Lipinski definition) is 6. The minimum absolute atomic E-state index is 0.00238. The van der Waals surface area contributed by atoms with Gasteiger partial charge in [-0.05, 0) is 30.9 Å². The number of benzene rings is 1. The molecule has 7 nitrogen and oxygen atoms in total. The fourth-order valence-corrected chi connectivity index (χ4v) is 2.63. The molecular formula is C27H42FNO6. The Morgan fingerprint density at radius 3 is 2.00 bits per heavy atom. The van der Waals surface area contributed by atoms with E-state index < -0.39 is 17.8 Å². The van der Waals surface area contributed by atoms with Crippen LogP contribution in [0.3, 0.4) is 0 Å². The van der Waals surface area contributed by atoms with Crippen LogP contribution in [0.2, 0.25) is 0 Å². The molecule has 0 saturated carbocycles. The summed E-state index contributed by atoms with van der Waals surface area (Å²) in [5, 5.41) is 0. The molecule has 198 valence electrons. The maximum Gasteiger partial charge on any atom is 0.410 e. The second kappa shape index (κ2) is 19.3. The molecule has 0 spiro atoms. The standard InChI is InChI=1S/C20H25NO6.C3H5F.2C2H6/c1-20(2,25-3)27-18(23)17(13-22)16-9-11-21(12-10-16)19(24)26-14-15-7-5-4-6-8-15;1-3(2)4;2*1-2/h4-8,13H,9-12,14H2,1-3H3;1H2,2H3;2*1-2H3. The average Bonchev–Trinajstić information content (AvgIpc) is 2.86. The highest BCUT2D eigenvalue weighted by Crippen LogP contribution is 2.22. The summed E-state index contributed by atoms with van der Waals surface area (Å²) in [6, 6.07) is 9.42. The highest BCUT2D eigenvalue weighted by Gasteiger charge is 2.28. The lowest BCUT2D eigenvalue weighted by atomic mass is 9.98. The SMILES string of the molecule is C=C(C)F.CC.CC.COC(C)(C)OC(=O)C(C=O)=C1CCN(C(=O)OCc2ccccc2)CC1. The van der Waals surface area contributed by atoms with Gasteiger partial charge >= 0.3 is 12.1 Å². The number of carbonyl (C=O) groups excluding carboxylic acids is 3. The third kappa shape index (κ3) is 14.8. The Labute approximate surface area is 209 Å². The number of likely N-dealkylation sites (tertiary alicyclic amines) is 1. The van der Waals surface area contributed by atoms with Crippen LogP contribution in [-0.4, -0.2) is 49.2 Å². The molecule has 1 aliphatic heterocycles. The Bertz CT molecular complexity index is 791. The van der Waals surface area contributed by atoms with E-state index in [0.29, 0.717) is 37.8 Å². The summed E-state index contributed by atoms with van der Waals surface area (Å²) in [6.07, 6.45) is 0.926. The zero-order chi connectivity index (χ0) is 27.4. The minimum Gasteiger partial charge on any atom is -0.445 e. The minimum atomic E-state index is -1.12. The first kappa shape index (κ1) is 34.2. The summed E-state index contributed by atoms with van der Waals surface area (Å²) in [5.74, 6) is -2.17. The van der Waals surface area contributed by atoms with E-state index >= 15 is 0 Å². The van der Waals surface area contributed by atoms with Gasteiger partial charge in [0.15, 0.2) is 6.29 Å². The molecule has 0 radical (unpaired) electrons. The lowest BCUT2D eigenvalue weighted by molar-refractivity contribution is -0.201. The summed E-state index contributed by atoms with van der Waals surface area (Å²) in [4.78, 5) is 37.4. The van der Waals surface area contributed by atoms with Gasteiger partial charge in [-0.2, -0.15) is 0 Å². The number of ether oxygens (including phenoxy) is 3. The third-order valence-corrected chi connectivity index (χ3v) is 4.38. The van der Waals surface area contributed by atoms with Crippen LogP contribution in [-0.2, 0) is 30.4 Å². The first-order valence-corrected chi connectivity index (χ1v) is 11.8. The van der Waals surface area contributed by atoms with Crippen molar-refractivity contribution < 1.29 is 33.0 Å². The molecule has 1 aromatic rings. The van der Waals surface area contributed by atoms with Gasteiger partial charge in [-0.3, -0.25) is 4.79 Å². The molecule has 8 heteroatoms. The number of allylic oxidation sites excluding steroid dienone is 1. The number of hydrogen-bond donors (Lipinski definition) is 0. The van der Waals surface area contributed by atoms with Gasteiger partial charge in [-0.15, -0.1) is 0 Å². The number of methoxy groups -OCH3 is 1. The Kier molecular flexibility index (Phi) is 18.9.